The van der Waals surface area contributed by atoms with Gasteiger partial charge in [-0.1, -0.05) is 18.2 Å². The molecule has 6 nitrogen and oxygen atoms in total. The number of fused-ring (bicyclic) bond motifs is 1. The van der Waals surface area contributed by atoms with Crippen LogP contribution >= 0.6 is 0 Å². The number of ether oxygens (including phenoxy) is 2. The molecular formula is C19H23N3O3. The highest BCUT2D eigenvalue weighted by Crippen LogP contribution is 2.36. The van der Waals surface area contributed by atoms with Gasteiger partial charge in [0.15, 0.2) is 6.29 Å². The summed E-state index contributed by atoms with van der Waals surface area (Å²) in [7, 11) is 3.07. The van der Waals surface area contributed by atoms with E-state index in [0.29, 0.717) is 11.6 Å². The maximum atomic E-state index is 12.2. The Bertz CT molecular complexity index is 729. The molecule has 1 amide bonds. The van der Waals surface area contributed by atoms with Crippen molar-refractivity contribution in [1.29, 1.82) is 0 Å². The molecule has 2 heterocycles. The summed E-state index contributed by atoms with van der Waals surface area (Å²) in [6.07, 6.45) is 2.14. The third kappa shape index (κ3) is 3.65. The number of anilines is 2. The Kier molecular flexibility index (Phi) is 5.31. The summed E-state index contributed by atoms with van der Waals surface area (Å²) in [5.74, 6) is 0.647. The highest BCUT2D eigenvalue weighted by atomic mass is 16.7. The van der Waals surface area contributed by atoms with Crippen LogP contribution in [0, 0.1) is 0 Å². The number of nitrogens with zero attached hydrogens (tertiary/aromatic N) is 2. The summed E-state index contributed by atoms with van der Waals surface area (Å²) in [5.41, 5.74) is 3.02. The van der Waals surface area contributed by atoms with Crippen molar-refractivity contribution in [3.05, 3.63) is 53.7 Å². The van der Waals surface area contributed by atoms with Gasteiger partial charge in [-0.05, 0) is 37.1 Å². The van der Waals surface area contributed by atoms with Crippen molar-refractivity contribution >= 4 is 17.4 Å². The average molecular weight is 341 g/mol. The van der Waals surface area contributed by atoms with Gasteiger partial charge in [0.05, 0.1) is 12.1 Å². The maximum Gasteiger partial charge on any atom is 0.253 e. The molecule has 3 rings (SSSR count). The number of hydrogen-bond acceptors (Lipinski definition) is 5. The first-order chi connectivity index (χ1) is 12.1. The van der Waals surface area contributed by atoms with Crippen molar-refractivity contribution in [2.75, 3.05) is 25.7 Å². The molecule has 0 radical (unpaired) electrons. The highest BCUT2D eigenvalue weighted by Gasteiger charge is 2.27. The summed E-state index contributed by atoms with van der Waals surface area (Å²) in [4.78, 5) is 18.9. The van der Waals surface area contributed by atoms with Gasteiger partial charge in [0, 0.05) is 32.1 Å². The van der Waals surface area contributed by atoms with Crippen molar-refractivity contribution in [2.24, 2.45) is 0 Å². The van der Waals surface area contributed by atoms with Crippen molar-refractivity contribution in [3.8, 4) is 0 Å². The van der Waals surface area contributed by atoms with Crippen LogP contribution in [-0.4, -0.2) is 44.0 Å². The van der Waals surface area contributed by atoms with Crippen LogP contribution in [-0.2, 0) is 15.9 Å². The number of aromatic nitrogens is 1. The summed E-state index contributed by atoms with van der Waals surface area (Å²) in [6.45, 7) is 2.46. The predicted octanol–water partition coefficient (Wildman–Crippen LogP) is 2.51. The van der Waals surface area contributed by atoms with Gasteiger partial charge in [-0.25, -0.2) is 4.98 Å². The Morgan fingerprint density at radius 1 is 1.28 bits per heavy atom. The second-order valence-corrected chi connectivity index (χ2v) is 6.07. The van der Waals surface area contributed by atoms with Crippen LogP contribution in [0.3, 0.4) is 0 Å². The van der Waals surface area contributed by atoms with Gasteiger partial charge in [-0.15, -0.1) is 0 Å². The summed E-state index contributed by atoms with van der Waals surface area (Å²) >= 11 is 0. The zero-order chi connectivity index (χ0) is 17.8. The van der Waals surface area contributed by atoms with Gasteiger partial charge in [0.1, 0.15) is 5.82 Å². The molecule has 0 saturated carbocycles. The second kappa shape index (κ2) is 7.63. The van der Waals surface area contributed by atoms with Crippen LogP contribution < -0.4 is 10.2 Å². The third-order valence-corrected chi connectivity index (χ3v) is 4.42. The minimum atomic E-state index is -0.460. The van der Waals surface area contributed by atoms with Gasteiger partial charge in [0.2, 0.25) is 0 Å². The standard InChI is InChI=1S/C19H23N3O3/c1-13-10-14-6-4-5-7-16(14)22(13)17-9-8-15(11-20-17)19(23)21-12-18(24-2)25-3/h4-9,11,13,18H,10,12H2,1-3H3,(H,21,23). The first-order valence-electron chi connectivity index (χ1n) is 8.31. The van der Waals surface area contributed by atoms with Gasteiger partial charge in [0.25, 0.3) is 5.91 Å². The quantitative estimate of drug-likeness (QED) is 0.818. The molecule has 0 aliphatic carbocycles. The Balaban J connectivity index is 1.71. The Morgan fingerprint density at radius 2 is 2.04 bits per heavy atom. The highest BCUT2D eigenvalue weighted by molar-refractivity contribution is 5.94. The smallest absolute Gasteiger partial charge is 0.253 e. The molecule has 1 aliphatic rings. The molecule has 1 aromatic carbocycles. The topological polar surface area (TPSA) is 63.7 Å². The Hall–Kier alpha value is -2.44. The minimum Gasteiger partial charge on any atom is -0.354 e. The van der Waals surface area contributed by atoms with Crippen LogP contribution in [0.5, 0.6) is 0 Å². The van der Waals surface area contributed by atoms with Crippen LogP contribution in [0.1, 0.15) is 22.8 Å². The molecule has 0 saturated heterocycles. The van der Waals surface area contributed by atoms with E-state index in [2.05, 4.69) is 40.3 Å². The van der Waals surface area contributed by atoms with Gasteiger partial charge < -0.3 is 19.7 Å². The summed E-state index contributed by atoms with van der Waals surface area (Å²) in [5, 5.41) is 2.77. The lowest BCUT2D eigenvalue weighted by molar-refractivity contribution is -0.0974. The number of amides is 1. The van der Waals surface area contributed by atoms with Crippen molar-refractivity contribution in [3.63, 3.8) is 0 Å². The van der Waals surface area contributed by atoms with Crippen LogP contribution in [0.15, 0.2) is 42.6 Å². The first-order valence-corrected chi connectivity index (χ1v) is 8.31. The zero-order valence-electron chi connectivity index (χ0n) is 14.7. The van der Waals surface area contributed by atoms with E-state index in [0.717, 1.165) is 12.2 Å². The Morgan fingerprint density at radius 3 is 2.72 bits per heavy atom. The fraction of sp³-hybridized carbons (Fsp3) is 0.368. The van der Waals surface area contributed by atoms with Gasteiger partial charge in [-0.2, -0.15) is 0 Å². The lowest BCUT2D eigenvalue weighted by Crippen LogP contribution is -2.34. The van der Waals surface area contributed by atoms with E-state index in [-0.39, 0.29) is 12.5 Å². The fourth-order valence-electron chi connectivity index (χ4n) is 3.12. The van der Waals surface area contributed by atoms with E-state index in [1.165, 1.54) is 25.5 Å². The molecule has 1 atom stereocenters. The third-order valence-electron chi connectivity index (χ3n) is 4.42. The number of rotatable bonds is 6. The van der Waals surface area contributed by atoms with Crippen LogP contribution in [0.2, 0.25) is 0 Å². The van der Waals surface area contributed by atoms with Crippen LogP contribution in [0.25, 0.3) is 0 Å². The minimum absolute atomic E-state index is 0.201. The fourth-order valence-corrected chi connectivity index (χ4v) is 3.12. The summed E-state index contributed by atoms with van der Waals surface area (Å²) < 4.78 is 10.1. The van der Waals surface area contributed by atoms with E-state index in [4.69, 9.17) is 9.47 Å². The molecule has 132 valence electrons. The monoisotopic (exact) mass is 341 g/mol. The lowest BCUT2D eigenvalue weighted by atomic mass is 10.1. The molecular weight excluding hydrogens is 318 g/mol. The SMILES string of the molecule is COC(CNC(=O)c1ccc(N2c3ccccc3CC2C)nc1)OC. The molecule has 0 spiro atoms. The number of methoxy groups -OCH3 is 2. The Labute approximate surface area is 147 Å². The summed E-state index contributed by atoms with van der Waals surface area (Å²) in [6, 6.07) is 12.4. The number of carbonyl (C=O) groups is 1. The zero-order valence-corrected chi connectivity index (χ0v) is 14.7. The normalized spacial score (nSPS) is 16.2. The van der Waals surface area contributed by atoms with Crippen molar-refractivity contribution in [1.82, 2.24) is 10.3 Å². The molecule has 1 aromatic heterocycles. The number of pyridine rings is 1. The van der Waals surface area contributed by atoms with Crippen molar-refractivity contribution in [2.45, 2.75) is 25.7 Å². The molecule has 0 bridgehead atoms. The molecule has 6 heteroatoms. The molecule has 25 heavy (non-hydrogen) atoms. The van der Waals surface area contributed by atoms with E-state index >= 15 is 0 Å². The number of carbonyl (C=O) groups excluding carboxylic acids is 1. The molecule has 1 unspecified atom stereocenters. The average Bonchev–Trinajstić information content (AvgIpc) is 2.98. The van der Waals surface area contributed by atoms with E-state index in [1.54, 1.807) is 12.3 Å². The van der Waals surface area contributed by atoms with E-state index < -0.39 is 6.29 Å². The van der Waals surface area contributed by atoms with Crippen molar-refractivity contribution < 1.29 is 14.3 Å². The number of para-hydroxylation sites is 1. The second-order valence-electron chi connectivity index (χ2n) is 6.07. The largest absolute Gasteiger partial charge is 0.354 e. The molecule has 2 aromatic rings. The predicted molar refractivity (Wildman–Crippen MR) is 96.1 cm³/mol. The van der Waals surface area contributed by atoms with E-state index in [1.807, 2.05) is 12.1 Å². The number of hydrogen-bond donors (Lipinski definition) is 1. The van der Waals surface area contributed by atoms with E-state index in [9.17, 15) is 4.79 Å². The van der Waals surface area contributed by atoms with Gasteiger partial charge in [-0.3, -0.25) is 4.79 Å². The molecule has 1 aliphatic heterocycles. The lowest BCUT2D eigenvalue weighted by Gasteiger charge is -2.23. The van der Waals surface area contributed by atoms with Gasteiger partial charge >= 0.3 is 0 Å². The number of benzene rings is 1. The molecule has 1 N–H and O–H groups in total. The first kappa shape index (κ1) is 17.4. The van der Waals surface area contributed by atoms with Crippen LogP contribution in [0.4, 0.5) is 11.5 Å². The molecule has 0 fully saturated rings. The maximum absolute atomic E-state index is 12.2. The number of nitrogens with one attached hydrogen (secondary N) is 1.